The number of hydrogen-bond acceptors (Lipinski definition) is 7. The molecule has 0 N–H and O–H groups in total. The molecule has 0 saturated heterocycles. The molecule has 2 aliphatic rings. The summed E-state index contributed by atoms with van der Waals surface area (Å²) in [6, 6.07) is 9.65. The van der Waals surface area contributed by atoms with Gasteiger partial charge in [-0.15, -0.1) is 0 Å². The van der Waals surface area contributed by atoms with Crippen molar-refractivity contribution >= 4 is 11.8 Å². The SMILES string of the molecule is O=C(COC(=O)c1ccc2c(c1)OCCO2)c1ccc2c(c1)OCCO2. The fourth-order valence-electron chi connectivity index (χ4n) is 2.68. The second-order valence-corrected chi connectivity index (χ2v) is 5.72. The van der Waals surface area contributed by atoms with E-state index in [0.717, 1.165) is 0 Å². The highest BCUT2D eigenvalue weighted by Gasteiger charge is 2.18. The van der Waals surface area contributed by atoms with E-state index in [1.165, 1.54) is 0 Å². The van der Waals surface area contributed by atoms with Gasteiger partial charge in [-0.05, 0) is 36.4 Å². The molecular weight excluding hydrogens is 340 g/mol. The van der Waals surface area contributed by atoms with Crippen molar-refractivity contribution in [3.63, 3.8) is 0 Å². The Hall–Kier alpha value is -3.22. The highest BCUT2D eigenvalue weighted by molar-refractivity contribution is 6.00. The first-order chi connectivity index (χ1) is 12.7. The molecule has 0 saturated carbocycles. The summed E-state index contributed by atoms with van der Waals surface area (Å²) in [6.07, 6.45) is 0. The van der Waals surface area contributed by atoms with Gasteiger partial charge in [0.1, 0.15) is 26.4 Å². The largest absolute Gasteiger partial charge is 0.486 e. The molecule has 0 radical (unpaired) electrons. The van der Waals surface area contributed by atoms with E-state index in [1.807, 2.05) is 0 Å². The van der Waals surface area contributed by atoms with Crippen molar-refractivity contribution in [2.75, 3.05) is 33.0 Å². The molecule has 2 aromatic carbocycles. The van der Waals surface area contributed by atoms with Crippen LogP contribution in [0.5, 0.6) is 23.0 Å². The third-order valence-electron chi connectivity index (χ3n) is 3.98. The minimum Gasteiger partial charge on any atom is -0.486 e. The van der Waals surface area contributed by atoms with Crippen LogP contribution in [0.25, 0.3) is 0 Å². The maximum Gasteiger partial charge on any atom is 0.338 e. The second kappa shape index (κ2) is 6.95. The molecule has 2 aliphatic heterocycles. The molecule has 7 heteroatoms. The molecule has 0 aromatic heterocycles. The van der Waals surface area contributed by atoms with E-state index < -0.39 is 5.97 Å². The Balaban J connectivity index is 1.40. The molecule has 26 heavy (non-hydrogen) atoms. The first-order valence-corrected chi connectivity index (χ1v) is 8.20. The summed E-state index contributed by atoms with van der Waals surface area (Å²) in [7, 11) is 0. The molecule has 134 valence electrons. The predicted molar refractivity (Wildman–Crippen MR) is 89.5 cm³/mol. The lowest BCUT2D eigenvalue weighted by atomic mass is 10.1. The Kier molecular flexibility index (Phi) is 4.35. The average molecular weight is 356 g/mol. The summed E-state index contributed by atoms with van der Waals surface area (Å²) in [5.41, 5.74) is 0.688. The van der Waals surface area contributed by atoms with Crippen molar-refractivity contribution < 1.29 is 33.3 Å². The number of hydrogen-bond donors (Lipinski definition) is 0. The smallest absolute Gasteiger partial charge is 0.338 e. The minimum absolute atomic E-state index is 0.296. The zero-order valence-corrected chi connectivity index (χ0v) is 13.9. The first-order valence-electron chi connectivity index (χ1n) is 8.20. The van der Waals surface area contributed by atoms with Gasteiger partial charge in [0.25, 0.3) is 0 Å². The average Bonchev–Trinajstić information content (AvgIpc) is 2.71. The Bertz CT molecular complexity index is 787. The molecule has 0 aliphatic carbocycles. The van der Waals surface area contributed by atoms with Crippen LogP contribution in [0.2, 0.25) is 0 Å². The predicted octanol–water partition coefficient (Wildman–Crippen LogP) is 2.27. The Morgan fingerprint density at radius 1 is 0.731 bits per heavy atom. The number of carbonyl (C=O) groups excluding carboxylic acids is 2. The Labute approximate surface area is 149 Å². The summed E-state index contributed by atoms with van der Waals surface area (Å²) < 4.78 is 26.8. The number of fused-ring (bicyclic) bond motifs is 2. The van der Waals surface area contributed by atoms with Crippen LogP contribution in [0.1, 0.15) is 20.7 Å². The van der Waals surface area contributed by atoms with E-state index in [4.69, 9.17) is 23.7 Å². The number of ether oxygens (including phenoxy) is 5. The van der Waals surface area contributed by atoms with Gasteiger partial charge in [0, 0.05) is 5.56 Å². The first kappa shape index (κ1) is 16.3. The van der Waals surface area contributed by atoms with Crippen molar-refractivity contribution in [3.8, 4) is 23.0 Å². The summed E-state index contributed by atoms with van der Waals surface area (Å²) in [4.78, 5) is 24.5. The van der Waals surface area contributed by atoms with E-state index in [1.54, 1.807) is 36.4 Å². The maximum absolute atomic E-state index is 12.3. The monoisotopic (exact) mass is 356 g/mol. The van der Waals surface area contributed by atoms with E-state index in [9.17, 15) is 9.59 Å². The van der Waals surface area contributed by atoms with Crippen molar-refractivity contribution in [2.24, 2.45) is 0 Å². The van der Waals surface area contributed by atoms with Gasteiger partial charge in [-0.3, -0.25) is 4.79 Å². The molecule has 0 bridgehead atoms. The van der Waals surface area contributed by atoms with Crippen molar-refractivity contribution in [2.45, 2.75) is 0 Å². The van der Waals surface area contributed by atoms with Crippen molar-refractivity contribution in [1.29, 1.82) is 0 Å². The minimum atomic E-state index is -0.604. The van der Waals surface area contributed by atoms with Gasteiger partial charge in [0.15, 0.2) is 35.4 Å². The second-order valence-electron chi connectivity index (χ2n) is 5.72. The number of benzene rings is 2. The number of rotatable bonds is 4. The lowest BCUT2D eigenvalue weighted by molar-refractivity contribution is 0.0473. The summed E-state index contributed by atoms with van der Waals surface area (Å²) in [6.45, 7) is 1.44. The van der Waals surface area contributed by atoms with Gasteiger partial charge < -0.3 is 23.7 Å². The molecule has 4 rings (SSSR count). The van der Waals surface area contributed by atoms with Gasteiger partial charge in [0.2, 0.25) is 0 Å². The lowest BCUT2D eigenvalue weighted by Gasteiger charge is -2.19. The summed E-state index contributed by atoms with van der Waals surface area (Å²) in [5.74, 6) is 1.26. The van der Waals surface area contributed by atoms with Gasteiger partial charge in [-0.2, -0.15) is 0 Å². The van der Waals surface area contributed by atoms with Crippen LogP contribution in [0.3, 0.4) is 0 Å². The molecule has 7 nitrogen and oxygen atoms in total. The highest BCUT2D eigenvalue weighted by Crippen LogP contribution is 2.32. The number of Topliss-reactive ketones (excluding diaryl/α,β-unsaturated/α-hetero) is 1. The van der Waals surface area contributed by atoms with Crippen LogP contribution in [0.15, 0.2) is 36.4 Å². The summed E-state index contributed by atoms with van der Waals surface area (Å²) >= 11 is 0. The van der Waals surface area contributed by atoms with Crippen LogP contribution in [-0.2, 0) is 4.74 Å². The third kappa shape index (κ3) is 3.28. The van der Waals surface area contributed by atoms with Gasteiger partial charge in [-0.25, -0.2) is 4.79 Å². The van der Waals surface area contributed by atoms with E-state index in [0.29, 0.717) is 60.6 Å². The molecule has 0 unspecified atom stereocenters. The number of carbonyl (C=O) groups is 2. The van der Waals surface area contributed by atoms with Crippen LogP contribution >= 0.6 is 0 Å². The van der Waals surface area contributed by atoms with Crippen LogP contribution < -0.4 is 18.9 Å². The molecule has 0 atom stereocenters. The molecular formula is C19H16O7. The normalized spacial score (nSPS) is 14.5. The number of ketones is 1. The lowest BCUT2D eigenvalue weighted by Crippen LogP contribution is -2.18. The molecule has 2 heterocycles. The summed E-state index contributed by atoms with van der Waals surface area (Å²) in [5, 5.41) is 0. The third-order valence-corrected chi connectivity index (χ3v) is 3.98. The fraction of sp³-hybridized carbons (Fsp3) is 0.263. The van der Waals surface area contributed by atoms with Crippen LogP contribution in [0.4, 0.5) is 0 Å². The molecule has 2 aromatic rings. The van der Waals surface area contributed by atoms with Gasteiger partial charge in [-0.1, -0.05) is 0 Å². The molecule has 0 spiro atoms. The zero-order chi connectivity index (χ0) is 17.9. The van der Waals surface area contributed by atoms with Crippen molar-refractivity contribution in [1.82, 2.24) is 0 Å². The van der Waals surface area contributed by atoms with Gasteiger partial charge >= 0.3 is 5.97 Å². The van der Waals surface area contributed by atoms with Crippen LogP contribution in [-0.4, -0.2) is 44.8 Å². The Morgan fingerprint density at radius 3 is 1.85 bits per heavy atom. The molecule has 0 amide bonds. The topological polar surface area (TPSA) is 80.3 Å². The van der Waals surface area contributed by atoms with E-state index in [2.05, 4.69) is 0 Å². The zero-order valence-electron chi connectivity index (χ0n) is 13.9. The molecule has 0 fully saturated rings. The van der Waals surface area contributed by atoms with E-state index >= 15 is 0 Å². The maximum atomic E-state index is 12.3. The van der Waals surface area contributed by atoms with Crippen LogP contribution in [0, 0.1) is 0 Å². The quantitative estimate of drug-likeness (QED) is 0.614. The number of esters is 1. The van der Waals surface area contributed by atoms with E-state index in [-0.39, 0.29) is 12.4 Å². The van der Waals surface area contributed by atoms with Gasteiger partial charge in [0.05, 0.1) is 5.56 Å². The Morgan fingerprint density at radius 2 is 1.23 bits per heavy atom. The standard InChI is InChI=1S/C19H16O7/c20-14(12-1-3-15-17(9-12)24-7-5-22-15)11-26-19(21)13-2-4-16-18(10-13)25-8-6-23-16/h1-4,9-10H,5-8,11H2. The fourth-order valence-corrected chi connectivity index (χ4v) is 2.68. The van der Waals surface area contributed by atoms with Crippen molar-refractivity contribution in [3.05, 3.63) is 47.5 Å². The highest BCUT2D eigenvalue weighted by atomic mass is 16.6.